The maximum Gasteiger partial charge on any atom is 0.273 e. The fourth-order valence-electron chi connectivity index (χ4n) is 3.11. The van der Waals surface area contributed by atoms with Gasteiger partial charge in [-0.2, -0.15) is 0 Å². The maximum atomic E-state index is 12.3. The van der Waals surface area contributed by atoms with Crippen molar-refractivity contribution in [2.45, 2.75) is 25.8 Å². The van der Waals surface area contributed by atoms with E-state index in [1.807, 2.05) is 18.2 Å². The van der Waals surface area contributed by atoms with Crippen molar-refractivity contribution in [3.05, 3.63) is 47.3 Å². The summed E-state index contributed by atoms with van der Waals surface area (Å²) in [6, 6.07) is 9.81. The summed E-state index contributed by atoms with van der Waals surface area (Å²) in [6.45, 7) is 4.38. The SMILES string of the molecule is COc1cccc([C@@H](CNC(=O)c2cc(C)on2)N2CCCC2)c1. The zero-order chi connectivity index (χ0) is 16.9. The minimum absolute atomic E-state index is 0.125. The number of methoxy groups -OCH3 is 1. The summed E-state index contributed by atoms with van der Waals surface area (Å²) >= 11 is 0. The third kappa shape index (κ3) is 3.76. The van der Waals surface area contributed by atoms with Crippen molar-refractivity contribution >= 4 is 5.91 Å². The van der Waals surface area contributed by atoms with E-state index < -0.39 is 0 Å². The summed E-state index contributed by atoms with van der Waals surface area (Å²) in [6.07, 6.45) is 2.38. The van der Waals surface area contributed by atoms with Crippen molar-refractivity contribution in [2.24, 2.45) is 0 Å². The van der Waals surface area contributed by atoms with Gasteiger partial charge in [-0.25, -0.2) is 0 Å². The predicted molar refractivity (Wildman–Crippen MR) is 90.1 cm³/mol. The van der Waals surface area contributed by atoms with Gasteiger partial charge in [-0.05, 0) is 50.6 Å². The molecule has 1 aliphatic heterocycles. The molecule has 1 aromatic carbocycles. The molecular weight excluding hydrogens is 306 g/mol. The lowest BCUT2D eigenvalue weighted by Crippen LogP contribution is -2.36. The largest absolute Gasteiger partial charge is 0.497 e. The Balaban J connectivity index is 1.73. The fraction of sp³-hybridized carbons (Fsp3) is 0.444. The molecule has 1 saturated heterocycles. The molecule has 0 bridgehead atoms. The molecule has 0 spiro atoms. The van der Waals surface area contributed by atoms with Gasteiger partial charge in [0.2, 0.25) is 0 Å². The summed E-state index contributed by atoms with van der Waals surface area (Å²) in [5.41, 5.74) is 1.46. The second kappa shape index (κ2) is 7.49. The molecule has 1 aliphatic rings. The van der Waals surface area contributed by atoms with Crippen LogP contribution < -0.4 is 10.1 Å². The molecule has 6 heteroatoms. The molecule has 0 unspecified atom stereocenters. The first-order valence-electron chi connectivity index (χ1n) is 8.27. The lowest BCUT2D eigenvalue weighted by molar-refractivity contribution is 0.0929. The highest BCUT2D eigenvalue weighted by Gasteiger charge is 2.25. The van der Waals surface area contributed by atoms with E-state index in [2.05, 4.69) is 21.4 Å². The number of ether oxygens (including phenoxy) is 1. The number of nitrogens with zero attached hydrogens (tertiary/aromatic N) is 2. The van der Waals surface area contributed by atoms with Crippen LogP contribution in [0.15, 0.2) is 34.9 Å². The number of carbonyl (C=O) groups is 1. The van der Waals surface area contributed by atoms with E-state index in [0.717, 1.165) is 24.4 Å². The quantitative estimate of drug-likeness (QED) is 0.882. The van der Waals surface area contributed by atoms with Crippen molar-refractivity contribution in [2.75, 3.05) is 26.7 Å². The van der Waals surface area contributed by atoms with Crippen molar-refractivity contribution in [1.82, 2.24) is 15.4 Å². The Bertz CT molecular complexity index is 692. The van der Waals surface area contributed by atoms with E-state index in [1.165, 1.54) is 12.8 Å². The molecule has 2 heterocycles. The number of amides is 1. The van der Waals surface area contributed by atoms with Gasteiger partial charge in [-0.1, -0.05) is 17.3 Å². The molecule has 128 valence electrons. The van der Waals surface area contributed by atoms with Crippen LogP contribution in [0, 0.1) is 6.92 Å². The highest BCUT2D eigenvalue weighted by molar-refractivity contribution is 5.92. The van der Waals surface area contributed by atoms with Crippen LogP contribution in [0.5, 0.6) is 5.75 Å². The topological polar surface area (TPSA) is 67.6 Å². The highest BCUT2D eigenvalue weighted by Crippen LogP contribution is 2.27. The molecule has 0 aliphatic carbocycles. The number of hydrogen-bond acceptors (Lipinski definition) is 5. The molecule has 1 amide bonds. The van der Waals surface area contributed by atoms with Gasteiger partial charge in [-0.15, -0.1) is 0 Å². The molecule has 0 radical (unpaired) electrons. The third-order valence-electron chi connectivity index (χ3n) is 4.38. The second-order valence-electron chi connectivity index (χ2n) is 6.07. The zero-order valence-corrected chi connectivity index (χ0v) is 14.1. The Hall–Kier alpha value is -2.34. The van der Waals surface area contributed by atoms with Crippen LogP contribution in [0.4, 0.5) is 0 Å². The third-order valence-corrected chi connectivity index (χ3v) is 4.38. The van der Waals surface area contributed by atoms with Crippen LogP contribution in [0.2, 0.25) is 0 Å². The van der Waals surface area contributed by atoms with Crippen LogP contribution in [0.1, 0.15) is 40.7 Å². The van der Waals surface area contributed by atoms with Gasteiger partial charge in [0.05, 0.1) is 13.2 Å². The van der Waals surface area contributed by atoms with Gasteiger partial charge in [0, 0.05) is 12.6 Å². The van der Waals surface area contributed by atoms with E-state index in [1.54, 1.807) is 20.1 Å². The molecule has 6 nitrogen and oxygen atoms in total. The maximum absolute atomic E-state index is 12.3. The van der Waals surface area contributed by atoms with Crippen molar-refractivity contribution in [1.29, 1.82) is 0 Å². The molecular formula is C18H23N3O3. The Labute approximate surface area is 141 Å². The molecule has 2 aromatic rings. The predicted octanol–water partition coefficient (Wildman–Crippen LogP) is 2.56. The van der Waals surface area contributed by atoms with Crippen LogP contribution >= 0.6 is 0 Å². The van der Waals surface area contributed by atoms with Gasteiger partial charge in [0.25, 0.3) is 5.91 Å². The minimum atomic E-state index is -0.209. The summed E-state index contributed by atoms with van der Waals surface area (Å²) in [7, 11) is 1.67. The zero-order valence-electron chi connectivity index (χ0n) is 14.1. The van der Waals surface area contributed by atoms with Gasteiger partial charge >= 0.3 is 0 Å². The number of carbonyl (C=O) groups excluding carboxylic acids is 1. The van der Waals surface area contributed by atoms with Gasteiger partial charge < -0.3 is 14.6 Å². The fourth-order valence-corrected chi connectivity index (χ4v) is 3.11. The number of aryl methyl sites for hydroxylation is 1. The van der Waals surface area contributed by atoms with Crippen LogP contribution in [-0.2, 0) is 0 Å². The Morgan fingerprint density at radius 1 is 1.38 bits per heavy atom. The first-order valence-corrected chi connectivity index (χ1v) is 8.27. The molecule has 3 rings (SSSR count). The van der Waals surface area contributed by atoms with Gasteiger partial charge in [0.1, 0.15) is 11.5 Å². The van der Waals surface area contributed by atoms with Crippen LogP contribution in [0.25, 0.3) is 0 Å². The summed E-state index contributed by atoms with van der Waals surface area (Å²) in [4.78, 5) is 14.7. The summed E-state index contributed by atoms with van der Waals surface area (Å²) in [5, 5.41) is 6.75. The second-order valence-corrected chi connectivity index (χ2v) is 6.07. The number of benzene rings is 1. The van der Waals surface area contributed by atoms with Gasteiger partial charge in [0.15, 0.2) is 5.69 Å². The van der Waals surface area contributed by atoms with E-state index in [9.17, 15) is 4.79 Å². The van der Waals surface area contributed by atoms with Crippen molar-refractivity contribution in [3.8, 4) is 5.75 Å². The first kappa shape index (κ1) is 16.5. The smallest absolute Gasteiger partial charge is 0.273 e. The first-order chi connectivity index (χ1) is 11.7. The van der Waals surface area contributed by atoms with Crippen LogP contribution in [-0.4, -0.2) is 42.7 Å². The molecule has 0 saturated carbocycles. The lowest BCUT2D eigenvalue weighted by Gasteiger charge is -2.28. The number of likely N-dealkylation sites (tertiary alicyclic amines) is 1. The minimum Gasteiger partial charge on any atom is -0.497 e. The highest BCUT2D eigenvalue weighted by atomic mass is 16.5. The number of hydrogen-bond donors (Lipinski definition) is 1. The van der Waals surface area contributed by atoms with E-state index >= 15 is 0 Å². The normalized spacial score (nSPS) is 16.1. The van der Waals surface area contributed by atoms with E-state index in [0.29, 0.717) is 18.0 Å². The molecule has 24 heavy (non-hydrogen) atoms. The van der Waals surface area contributed by atoms with Gasteiger partial charge in [-0.3, -0.25) is 9.69 Å². The molecule has 1 N–H and O–H groups in total. The Morgan fingerprint density at radius 2 is 2.17 bits per heavy atom. The Morgan fingerprint density at radius 3 is 2.83 bits per heavy atom. The molecule has 1 atom stereocenters. The average Bonchev–Trinajstić information content (AvgIpc) is 3.27. The standard InChI is InChI=1S/C18H23N3O3/c1-13-10-16(20-24-13)18(22)19-12-17(21-8-3-4-9-21)14-6-5-7-15(11-14)23-2/h5-7,10-11,17H,3-4,8-9,12H2,1-2H3,(H,19,22)/t17-/m1/s1. The Kier molecular flexibility index (Phi) is 5.15. The van der Waals surface area contributed by atoms with Crippen molar-refractivity contribution in [3.63, 3.8) is 0 Å². The summed E-state index contributed by atoms with van der Waals surface area (Å²) < 4.78 is 10.3. The lowest BCUT2D eigenvalue weighted by atomic mass is 10.0. The molecule has 1 aromatic heterocycles. The number of nitrogens with one attached hydrogen (secondary N) is 1. The number of rotatable bonds is 6. The monoisotopic (exact) mass is 329 g/mol. The van der Waals surface area contributed by atoms with Crippen LogP contribution in [0.3, 0.4) is 0 Å². The average molecular weight is 329 g/mol. The van der Waals surface area contributed by atoms with E-state index in [-0.39, 0.29) is 11.9 Å². The summed E-state index contributed by atoms with van der Waals surface area (Å²) in [5.74, 6) is 1.25. The molecule has 1 fully saturated rings. The van der Waals surface area contributed by atoms with Crippen molar-refractivity contribution < 1.29 is 14.1 Å². The number of aromatic nitrogens is 1. The van der Waals surface area contributed by atoms with E-state index in [4.69, 9.17) is 9.26 Å².